The molecule has 1 aliphatic heterocycles. The summed E-state index contributed by atoms with van der Waals surface area (Å²) in [7, 11) is 2.10. The number of rotatable bonds is 1. The normalized spacial score (nSPS) is 22.3. The number of morpholine rings is 1. The van der Waals surface area contributed by atoms with Gasteiger partial charge in [0.05, 0.1) is 20.3 Å². The molecule has 1 rings (SSSR count). The van der Waals surface area contributed by atoms with Crippen molar-refractivity contribution in [3.05, 3.63) is 0 Å². The maximum atomic E-state index is 8.52. The number of hydrogen-bond acceptors (Lipinski definition) is 3. The van der Waals surface area contributed by atoms with Gasteiger partial charge in [-0.15, -0.1) is 4.99 Å². The second-order valence-corrected chi connectivity index (χ2v) is 4.80. The van der Waals surface area contributed by atoms with Gasteiger partial charge in [0.15, 0.2) is 0 Å². The molecule has 1 saturated heterocycles. The molecule has 0 aliphatic carbocycles. The molecule has 1 heterocycles. The van der Waals surface area contributed by atoms with Crippen molar-refractivity contribution in [2.75, 3.05) is 33.4 Å². The third-order valence-corrected chi connectivity index (χ3v) is 4.25. The average Bonchev–Trinajstić information content (AvgIpc) is 2.15. The van der Waals surface area contributed by atoms with Crippen LogP contribution in [0, 0.1) is 11.5 Å². The summed E-state index contributed by atoms with van der Waals surface area (Å²) in [5.41, 5.74) is 0. The van der Waals surface area contributed by atoms with E-state index in [0.29, 0.717) is 0 Å². The molecule has 0 bridgehead atoms. The van der Waals surface area contributed by atoms with Crippen LogP contribution < -0.4 is 0 Å². The Morgan fingerprint density at radius 2 is 2.23 bits per heavy atom. The van der Waals surface area contributed by atoms with Gasteiger partial charge in [-0.05, 0) is 20.7 Å². The van der Waals surface area contributed by atoms with E-state index in [1.165, 1.54) is 0 Å². The molecule has 0 radical (unpaired) electrons. The van der Waals surface area contributed by atoms with Gasteiger partial charge < -0.3 is 4.74 Å². The van der Waals surface area contributed by atoms with Gasteiger partial charge >= 0.3 is 0 Å². The largest absolute Gasteiger partial charge is 0.370 e. The van der Waals surface area contributed by atoms with Crippen molar-refractivity contribution in [3.63, 3.8) is 0 Å². The van der Waals surface area contributed by atoms with Crippen LogP contribution in [0.5, 0.6) is 0 Å². The van der Waals surface area contributed by atoms with Crippen LogP contribution >= 0.6 is 20.7 Å². The van der Waals surface area contributed by atoms with Crippen molar-refractivity contribution in [1.29, 1.82) is 5.26 Å². The molecule has 1 aliphatic rings. The number of quaternary nitrogens is 1. The molecule has 72 valence electrons. The number of halogens is 1. The molecule has 0 N–H and O–H groups in total. The van der Waals surface area contributed by atoms with E-state index in [0.717, 1.165) is 34.6 Å². The van der Waals surface area contributed by atoms with Crippen LogP contribution in [0.2, 0.25) is 0 Å². The molecule has 5 heteroatoms. The first-order valence-corrected chi connectivity index (χ1v) is 6.61. The molecule has 0 aromatic heterocycles. The van der Waals surface area contributed by atoms with E-state index in [1.54, 1.807) is 0 Å². The first kappa shape index (κ1) is 10.8. The molecular weight excluding hydrogens is 281 g/mol. The second kappa shape index (κ2) is 4.79. The van der Waals surface area contributed by atoms with E-state index in [4.69, 9.17) is 10.00 Å². The summed E-state index contributed by atoms with van der Waals surface area (Å²) in [5, 5.41) is 8.52. The molecule has 0 unspecified atom stereocenters. The summed E-state index contributed by atoms with van der Waals surface area (Å²) in [6.45, 7) is 3.33. The van der Waals surface area contributed by atoms with Crippen LogP contribution in [0.25, 0.3) is 0 Å². The van der Waals surface area contributed by atoms with Gasteiger partial charge in [-0.1, -0.05) is 4.51 Å². The summed E-state index contributed by atoms with van der Waals surface area (Å²) in [4.78, 5) is 3.86. The monoisotopic (exact) mass is 294 g/mol. The maximum absolute atomic E-state index is 8.52. The second-order valence-electron chi connectivity index (χ2n) is 3.07. The van der Waals surface area contributed by atoms with E-state index in [2.05, 4.69) is 16.6 Å². The third kappa shape index (κ3) is 2.56. The molecule has 0 aromatic rings. The van der Waals surface area contributed by atoms with E-state index in [1.807, 2.05) is 6.19 Å². The van der Waals surface area contributed by atoms with Gasteiger partial charge in [0.25, 0.3) is 3.84 Å². The number of amidine groups is 1. The lowest BCUT2D eigenvalue weighted by molar-refractivity contribution is -0.825. The minimum atomic E-state index is -0.345. The number of nitrogens with zero attached hydrogens (tertiary/aromatic N) is 3. The molecule has 4 nitrogen and oxygen atoms in total. The number of hydrogen-bond donors (Lipinski definition) is 0. The highest BCUT2D eigenvalue weighted by atomic mass is 127. The smallest absolute Gasteiger partial charge is 0.267 e. The standard InChI is InChI=1S/C8H13IN3O/c1-9-8(11-7-10)12(2)3-5-13-6-4-12/h1,3-6H2,2H3/q+1. The highest BCUT2D eigenvalue weighted by molar-refractivity contribution is 14.2. The fourth-order valence-corrected chi connectivity index (χ4v) is 2.85. The Labute approximate surface area is 88.2 Å². The van der Waals surface area contributed by atoms with Gasteiger partial charge in [-0.2, -0.15) is 5.26 Å². The fourth-order valence-electron chi connectivity index (χ4n) is 1.27. The minimum absolute atomic E-state index is 0.345. The molecule has 0 aromatic carbocycles. The quantitative estimate of drug-likeness (QED) is 0.178. The Balaban J connectivity index is 2.82. The Kier molecular flexibility index (Phi) is 3.96. The van der Waals surface area contributed by atoms with Gasteiger partial charge in [0.1, 0.15) is 13.1 Å². The number of aliphatic imine (C=N–C) groups is 1. The van der Waals surface area contributed by atoms with Crippen molar-refractivity contribution >= 4 is 29.1 Å². The van der Waals surface area contributed by atoms with E-state index < -0.39 is 0 Å². The summed E-state index contributed by atoms with van der Waals surface area (Å²) >= 11 is -0.345. The SMILES string of the molecule is C=IC(=NC#N)[N+]1(C)CCOCC1. The Morgan fingerprint density at radius 3 is 2.69 bits per heavy atom. The van der Waals surface area contributed by atoms with Crippen molar-refractivity contribution in [2.45, 2.75) is 0 Å². The summed E-state index contributed by atoms with van der Waals surface area (Å²) in [6, 6.07) is 0. The molecule has 0 atom stereocenters. The summed E-state index contributed by atoms with van der Waals surface area (Å²) < 4.78 is 10.9. The maximum Gasteiger partial charge on any atom is 0.267 e. The van der Waals surface area contributed by atoms with Crippen molar-refractivity contribution in [2.24, 2.45) is 4.99 Å². The highest BCUT2D eigenvalue weighted by Gasteiger charge is 2.30. The lowest BCUT2D eigenvalue weighted by atomic mass is 10.4. The predicted molar refractivity (Wildman–Crippen MR) is 60.9 cm³/mol. The van der Waals surface area contributed by atoms with Gasteiger partial charge in [0, 0.05) is 0 Å². The molecule has 0 saturated carbocycles. The molecule has 0 spiro atoms. The van der Waals surface area contributed by atoms with Crippen LogP contribution in [0.1, 0.15) is 0 Å². The molecule has 13 heavy (non-hydrogen) atoms. The minimum Gasteiger partial charge on any atom is -0.370 e. The Hall–Kier alpha value is -0.320. The van der Waals surface area contributed by atoms with Crippen LogP contribution in [-0.4, -0.2) is 46.2 Å². The van der Waals surface area contributed by atoms with E-state index in [9.17, 15) is 0 Å². The summed E-state index contributed by atoms with van der Waals surface area (Å²) in [5.74, 6) is 0. The van der Waals surface area contributed by atoms with Crippen LogP contribution in [0.3, 0.4) is 0 Å². The fraction of sp³-hybridized carbons (Fsp3) is 0.625. The number of ether oxygens (including phenoxy) is 1. The van der Waals surface area contributed by atoms with Gasteiger partial charge in [-0.3, -0.25) is 4.48 Å². The third-order valence-electron chi connectivity index (χ3n) is 2.17. The lowest BCUT2D eigenvalue weighted by Gasteiger charge is -2.35. The zero-order valence-corrected chi connectivity index (χ0v) is 9.82. The Morgan fingerprint density at radius 1 is 1.62 bits per heavy atom. The van der Waals surface area contributed by atoms with Crippen molar-refractivity contribution in [3.8, 4) is 6.19 Å². The van der Waals surface area contributed by atoms with E-state index >= 15 is 0 Å². The Bertz CT molecular complexity index is 263. The zero-order chi connectivity index (χ0) is 9.73. The van der Waals surface area contributed by atoms with Crippen LogP contribution in [-0.2, 0) is 4.74 Å². The van der Waals surface area contributed by atoms with Gasteiger partial charge in [-0.25, -0.2) is 0 Å². The first-order chi connectivity index (χ1) is 6.23. The number of nitriles is 1. The number of likely N-dealkylation sites (N-methyl/N-ethyl adjacent to an activating group) is 1. The van der Waals surface area contributed by atoms with Crippen molar-refractivity contribution < 1.29 is 9.22 Å². The predicted octanol–water partition coefficient (Wildman–Crippen LogP) is 0.703. The first-order valence-electron chi connectivity index (χ1n) is 4.01. The summed E-state index contributed by atoms with van der Waals surface area (Å²) in [6.07, 6.45) is 1.86. The highest BCUT2D eigenvalue weighted by Crippen LogP contribution is 2.16. The zero-order valence-electron chi connectivity index (χ0n) is 7.66. The van der Waals surface area contributed by atoms with E-state index in [-0.39, 0.29) is 20.7 Å². The molecular formula is C8H13IN3O+. The van der Waals surface area contributed by atoms with Crippen LogP contribution in [0.15, 0.2) is 4.99 Å². The topological polar surface area (TPSA) is 45.4 Å². The molecule has 0 amide bonds. The van der Waals surface area contributed by atoms with Crippen LogP contribution in [0.4, 0.5) is 0 Å². The van der Waals surface area contributed by atoms with Gasteiger partial charge in [0.2, 0.25) is 6.19 Å². The van der Waals surface area contributed by atoms with Crippen molar-refractivity contribution in [1.82, 2.24) is 0 Å². The molecule has 1 fully saturated rings. The average molecular weight is 294 g/mol. The lowest BCUT2D eigenvalue weighted by Crippen LogP contribution is -2.54.